The molecule has 8 heteroatoms. The molecule has 7 nitrogen and oxygen atoms in total. The lowest BCUT2D eigenvalue weighted by atomic mass is 10.1. The summed E-state index contributed by atoms with van der Waals surface area (Å²) in [5.41, 5.74) is 6.41. The van der Waals surface area contributed by atoms with Gasteiger partial charge in [-0.1, -0.05) is 25.3 Å². The first-order chi connectivity index (χ1) is 17.4. The van der Waals surface area contributed by atoms with Crippen LogP contribution in [0.25, 0.3) is 34.4 Å². The molecule has 0 aromatic carbocycles. The summed E-state index contributed by atoms with van der Waals surface area (Å²) < 4.78 is 14.2. The molecule has 0 spiro atoms. The second-order valence-electron chi connectivity index (χ2n) is 8.55. The van der Waals surface area contributed by atoms with Crippen molar-refractivity contribution in [2.24, 2.45) is 0 Å². The highest BCUT2D eigenvalue weighted by Gasteiger charge is 2.13. The molecule has 0 aliphatic carbocycles. The number of hydrogen-bond acceptors (Lipinski definition) is 7. The number of rotatable bonds is 2. The minimum Gasteiger partial charge on any atom is -0.508 e. The second kappa shape index (κ2) is 10.2. The van der Waals surface area contributed by atoms with Gasteiger partial charge in [-0.05, 0) is 48.5 Å². The Morgan fingerprint density at radius 3 is 1.58 bits per heavy atom. The van der Waals surface area contributed by atoms with Crippen LogP contribution in [0.3, 0.4) is 0 Å². The molecule has 0 unspecified atom stereocenters. The van der Waals surface area contributed by atoms with Gasteiger partial charge in [0, 0.05) is 37.3 Å². The third-order valence-electron chi connectivity index (χ3n) is 5.77. The molecule has 0 amide bonds. The maximum absolute atomic E-state index is 14.2. The molecular weight excluding hydrogens is 455 g/mol. The van der Waals surface area contributed by atoms with E-state index in [4.69, 9.17) is 19.9 Å². The number of fused-ring (bicyclic) bond motifs is 10. The van der Waals surface area contributed by atoms with Crippen LogP contribution in [0.15, 0.2) is 73.8 Å². The van der Waals surface area contributed by atoms with E-state index in [-0.39, 0.29) is 5.76 Å². The van der Waals surface area contributed by atoms with Crippen LogP contribution in [-0.2, 0) is 26.2 Å². The molecular formula is C28H25FN6O. The number of aromatic nitrogens is 4. The molecule has 0 saturated heterocycles. The predicted molar refractivity (Wildman–Crippen MR) is 138 cm³/mol. The van der Waals surface area contributed by atoms with E-state index in [0.717, 1.165) is 22.8 Å². The molecule has 36 heavy (non-hydrogen) atoms. The Bertz CT molecular complexity index is 1360. The topological polar surface area (TPSA) is 95.9 Å². The number of halogens is 1. The van der Waals surface area contributed by atoms with Crippen LogP contribution in [0, 0.1) is 0 Å². The monoisotopic (exact) mass is 480 g/mol. The van der Waals surface area contributed by atoms with Crippen LogP contribution < -0.4 is 10.6 Å². The fraction of sp³-hybridized carbons (Fsp3) is 0.143. The molecule has 1 aliphatic heterocycles. The van der Waals surface area contributed by atoms with E-state index in [1.807, 2.05) is 36.4 Å². The molecule has 0 atom stereocenters. The molecule has 0 saturated carbocycles. The summed E-state index contributed by atoms with van der Waals surface area (Å²) in [6.45, 7) is 8.91. The Kier molecular flexibility index (Phi) is 6.62. The van der Waals surface area contributed by atoms with E-state index in [1.54, 1.807) is 24.3 Å². The zero-order valence-electron chi connectivity index (χ0n) is 19.6. The number of nitrogens with zero attached hydrogens (tertiary/aromatic N) is 4. The second-order valence-corrected chi connectivity index (χ2v) is 8.55. The van der Waals surface area contributed by atoms with Gasteiger partial charge in [-0.3, -0.25) is 0 Å². The molecule has 4 aromatic heterocycles. The maximum atomic E-state index is 14.2. The van der Waals surface area contributed by atoms with Crippen molar-refractivity contribution in [3.05, 3.63) is 108 Å². The lowest BCUT2D eigenvalue weighted by Crippen LogP contribution is -2.16. The largest absolute Gasteiger partial charge is 0.508 e. The zero-order chi connectivity index (χ0) is 25.1. The Morgan fingerprint density at radius 2 is 1.08 bits per heavy atom. The van der Waals surface area contributed by atoms with Crippen molar-refractivity contribution in [3.8, 4) is 22.8 Å². The summed E-state index contributed by atoms with van der Waals surface area (Å²) in [5.74, 6) is -0.646. The molecule has 5 rings (SSSR count). The summed E-state index contributed by atoms with van der Waals surface area (Å²) in [5, 5.41) is 16.8. The van der Waals surface area contributed by atoms with Gasteiger partial charge < -0.3 is 15.7 Å². The van der Waals surface area contributed by atoms with E-state index < -0.39 is 5.83 Å². The van der Waals surface area contributed by atoms with Crippen molar-refractivity contribution in [1.29, 1.82) is 0 Å². The molecule has 3 N–H and O–H groups in total. The third-order valence-corrected chi connectivity index (χ3v) is 5.77. The molecule has 1 aliphatic rings. The van der Waals surface area contributed by atoms with Crippen molar-refractivity contribution < 1.29 is 9.50 Å². The van der Waals surface area contributed by atoms with Crippen molar-refractivity contribution in [1.82, 2.24) is 30.6 Å². The number of hydrogen-bond donors (Lipinski definition) is 3. The SMILES string of the molecule is C=C(O)c1cc2nc(c1)-c1cc(C(=C)F)cc(n1)CNCc1cccc(n1)-c1cccc(n1)CNC2. The van der Waals surface area contributed by atoms with E-state index in [2.05, 4.69) is 23.8 Å². The highest BCUT2D eigenvalue weighted by Crippen LogP contribution is 2.25. The van der Waals surface area contributed by atoms with Crippen LogP contribution in [0.5, 0.6) is 0 Å². The van der Waals surface area contributed by atoms with E-state index in [1.165, 1.54) is 0 Å². The normalized spacial score (nSPS) is 13.4. The number of nitrogens with one attached hydrogen (secondary N) is 2. The molecule has 5 heterocycles. The Labute approximate surface area is 208 Å². The van der Waals surface area contributed by atoms with Gasteiger partial charge in [0.05, 0.1) is 45.6 Å². The van der Waals surface area contributed by atoms with E-state index in [0.29, 0.717) is 60.1 Å². The minimum absolute atomic E-state index is 0.0852. The van der Waals surface area contributed by atoms with Crippen molar-refractivity contribution >= 4 is 11.6 Å². The molecule has 180 valence electrons. The van der Waals surface area contributed by atoms with Gasteiger partial charge in [-0.15, -0.1) is 0 Å². The molecule has 8 bridgehead atoms. The molecule has 0 fully saturated rings. The summed E-state index contributed by atoms with van der Waals surface area (Å²) >= 11 is 0. The van der Waals surface area contributed by atoms with Gasteiger partial charge in [0.25, 0.3) is 0 Å². The van der Waals surface area contributed by atoms with Crippen LogP contribution in [0.4, 0.5) is 4.39 Å². The Morgan fingerprint density at radius 1 is 0.639 bits per heavy atom. The van der Waals surface area contributed by atoms with Gasteiger partial charge in [0.1, 0.15) is 11.6 Å². The first-order valence-corrected chi connectivity index (χ1v) is 11.5. The average Bonchev–Trinajstić information content (AvgIpc) is 2.88. The van der Waals surface area contributed by atoms with Crippen LogP contribution in [0.1, 0.15) is 33.9 Å². The number of aliphatic hydroxyl groups is 1. The van der Waals surface area contributed by atoms with Crippen LogP contribution in [-0.4, -0.2) is 25.0 Å². The first kappa shape index (κ1) is 23.5. The summed E-state index contributed by atoms with van der Waals surface area (Å²) in [6.07, 6.45) is 0. The lowest BCUT2D eigenvalue weighted by Gasteiger charge is -2.13. The highest BCUT2D eigenvalue weighted by atomic mass is 19.1. The fourth-order valence-electron chi connectivity index (χ4n) is 4.02. The van der Waals surface area contributed by atoms with Crippen molar-refractivity contribution in [2.45, 2.75) is 26.2 Å². The maximum Gasteiger partial charge on any atom is 0.123 e. The van der Waals surface area contributed by atoms with Gasteiger partial charge in [0.2, 0.25) is 0 Å². The van der Waals surface area contributed by atoms with Crippen LogP contribution in [0.2, 0.25) is 0 Å². The van der Waals surface area contributed by atoms with Gasteiger partial charge >= 0.3 is 0 Å². The third kappa shape index (κ3) is 5.35. The molecule has 4 aromatic rings. The highest BCUT2D eigenvalue weighted by molar-refractivity contribution is 5.68. The van der Waals surface area contributed by atoms with Crippen LogP contribution >= 0.6 is 0 Å². The zero-order valence-corrected chi connectivity index (χ0v) is 19.6. The summed E-state index contributed by atoms with van der Waals surface area (Å²) in [6, 6.07) is 18.4. The Balaban J connectivity index is 1.59. The van der Waals surface area contributed by atoms with Crippen molar-refractivity contribution in [2.75, 3.05) is 0 Å². The lowest BCUT2D eigenvalue weighted by molar-refractivity contribution is 0.513. The van der Waals surface area contributed by atoms with Gasteiger partial charge in [0.15, 0.2) is 0 Å². The average molecular weight is 481 g/mol. The van der Waals surface area contributed by atoms with E-state index in [9.17, 15) is 9.50 Å². The minimum atomic E-state index is -0.560. The summed E-state index contributed by atoms with van der Waals surface area (Å²) in [4.78, 5) is 18.9. The predicted octanol–water partition coefficient (Wildman–Crippen LogP) is 4.96. The number of pyridine rings is 4. The van der Waals surface area contributed by atoms with E-state index >= 15 is 0 Å². The first-order valence-electron chi connectivity index (χ1n) is 11.5. The summed E-state index contributed by atoms with van der Waals surface area (Å²) in [7, 11) is 0. The fourth-order valence-corrected chi connectivity index (χ4v) is 4.02. The Hall–Kier alpha value is -4.27. The standard InChI is InChI=1S/C28H25FN6O/c1-17(29)19-9-23-15-30-13-21-5-3-7-25(32-21)26-8-4-6-22(33-26)14-31-16-24-10-20(18(2)36)12-28(35-24)27(11-19)34-23/h3-12,30-31,36H,1-2,13-16H2. The smallest absolute Gasteiger partial charge is 0.123 e. The molecule has 0 radical (unpaired) electrons. The van der Waals surface area contributed by atoms with Gasteiger partial charge in [-0.2, -0.15) is 0 Å². The quantitative estimate of drug-likeness (QED) is 0.349. The number of aliphatic hydroxyl groups excluding tert-OH is 1. The van der Waals surface area contributed by atoms with Crippen molar-refractivity contribution in [3.63, 3.8) is 0 Å². The van der Waals surface area contributed by atoms with Gasteiger partial charge in [-0.25, -0.2) is 24.3 Å².